The van der Waals surface area contributed by atoms with Crippen molar-refractivity contribution in [2.24, 2.45) is 0 Å². The fraction of sp³-hybridized carbons (Fsp3) is 0. The Bertz CT molecular complexity index is 1710. The molecule has 0 saturated heterocycles. The average molecular weight is 392 g/mol. The van der Waals surface area contributed by atoms with Crippen LogP contribution >= 0.6 is 0 Å². The molecular formula is C28H17BN2. The lowest BCUT2D eigenvalue weighted by atomic mass is 9.60. The highest BCUT2D eigenvalue weighted by molar-refractivity contribution is 6.82. The van der Waals surface area contributed by atoms with Gasteiger partial charge in [-0.1, -0.05) is 78.9 Å². The average Bonchev–Trinajstić information content (AvgIpc) is 3.36. The SMILES string of the molecule is c1ccc2c(c1)-c1cc3ccccc3cc1B1N2c2cccc3c4ccccc4n1c23. The molecule has 3 heteroatoms. The normalized spacial score (nSPS) is 13.7. The second-order valence-corrected chi connectivity index (χ2v) is 8.61. The Morgan fingerprint density at radius 2 is 1.26 bits per heavy atom. The molecule has 142 valence electrons. The summed E-state index contributed by atoms with van der Waals surface area (Å²) in [5.74, 6) is 0. The smallest absolute Gasteiger partial charge is 0.359 e. The third kappa shape index (κ3) is 1.81. The fourth-order valence-electron chi connectivity index (χ4n) is 5.89. The number of aromatic nitrogens is 1. The van der Waals surface area contributed by atoms with E-state index in [1.807, 2.05) is 0 Å². The molecule has 0 bridgehead atoms. The van der Waals surface area contributed by atoms with Gasteiger partial charge in [-0.2, -0.15) is 0 Å². The topological polar surface area (TPSA) is 8.17 Å². The Morgan fingerprint density at radius 1 is 0.548 bits per heavy atom. The van der Waals surface area contributed by atoms with E-state index in [1.54, 1.807) is 0 Å². The molecule has 0 spiro atoms. The molecule has 0 aliphatic carbocycles. The summed E-state index contributed by atoms with van der Waals surface area (Å²) in [5.41, 5.74) is 9.25. The highest BCUT2D eigenvalue weighted by Crippen LogP contribution is 2.49. The molecule has 0 saturated carbocycles. The van der Waals surface area contributed by atoms with E-state index in [1.165, 1.54) is 60.5 Å². The lowest BCUT2D eigenvalue weighted by Crippen LogP contribution is -2.51. The molecule has 0 fully saturated rings. The van der Waals surface area contributed by atoms with E-state index in [9.17, 15) is 0 Å². The summed E-state index contributed by atoms with van der Waals surface area (Å²) in [4.78, 5) is 2.54. The van der Waals surface area contributed by atoms with Gasteiger partial charge in [0.25, 0.3) is 0 Å². The summed E-state index contributed by atoms with van der Waals surface area (Å²) in [5, 5.41) is 5.26. The van der Waals surface area contributed by atoms with Gasteiger partial charge >= 0.3 is 6.98 Å². The van der Waals surface area contributed by atoms with Gasteiger partial charge in [-0.3, -0.25) is 0 Å². The molecule has 2 nitrogen and oxygen atoms in total. The minimum Gasteiger partial charge on any atom is -0.359 e. The summed E-state index contributed by atoms with van der Waals surface area (Å²) in [6.45, 7) is 0.120. The van der Waals surface area contributed by atoms with Crippen molar-refractivity contribution in [3.63, 3.8) is 0 Å². The minimum atomic E-state index is 0.120. The maximum atomic E-state index is 2.56. The Labute approximate surface area is 180 Å². The number of anilines is 2. The van der Waals surface area contributed by atoms with Gasteiger partial charge in [0.1, 0.15) is 0 Å². The molecule has 0 N–H and O–H groups in total. The Hall–Kier alpha value is -3.98. The predicted octanol–water partition coefficient (Wildman–Crippen LogP) is 6.32. The first-order valence-corrected chi connectivity index (χ1v) is 10.8. The minimum absolute atomic E-state index is 0.120. The highest BCUT2D eigenvalue weighted by atomic mass is 15.2. The molecule has 6 aromatic rings. The van der Waals surface area contributed by atoms with Gasteiger partial charge in [0.15, 0.2) is 0 Å². The summed E-state index contributed by atoms with van der Waals surface area (Å²) in [6.07, 6.45) is 0. The number of para-hydroxylation sites is 3. The number of hydrogen-bond donors (Lipinski definition) is 0. The number of fused-ring (bicyclic) bond motifs is 12. The molecule has 2 aliphatic heterocycles. The van der Waals surface area contributed by atoms with Crippen LogP contribution in [0.5, 0.6) is 0 Å². The van der Waals surface area contributed by atoms with Crippen molar-refractivity contribution in [1.29, 1.82) is 0 Å². The Balaban J connectivity index is 1.59. The highest BCUT2D eigenvalue weighted by Gasteiger charge is 2.44. The molecule has 1 aromatic heterocycles. The van der Waals surface area contributed by atoms with Gasteiger partial charge in [0.2, 0.25) is 0 Å². The van der Waals surface area contributed by atoms with E-state index in [-0.39, 0.29) is 6.98 Å². The lowest BCUT2D eigenvalue weighted by molar-refractivity contribution is 1.31. The monoisotopic (exact) mass is 392 g/mol. The van der Waals surface area contributed by atoms with Crippen LogP contribution in [0.2, 0.25) is 0 Å². The van der Waals surface area contributed by atoms with Crippen LogP contribution in [-0.4, -0.2) is 11.5 Å². The van der Waals surface area contributed by atoms with Gasteiger partial charge in [-0.15, -0.1) is 0 Å². The van der Waals surface area contributed by atoms with E-state index in [0.717, 1.165) is 0 Å². The van der Waals surface area contributed by atoms with Crippen molar-refractivity contribution in [3.05, 3.63) is 103 Å². The Morgan fingerprint density at radius 3 is 2.19 bits per heavy atom. The first-order valence-electron chi connectivity index (χ1n) is 10.8. The number of nitrogens with zero attached hydrogens (tertiary/aromatic N) is 2. The van der Waals surface area contributed by atoms with E-state index < -0.39 is 0 Å². The van der Waals surface area contributed by atoms with E-state index >= 15 is 0 Å². The molecular weight excluding hydrogens is 375 g/mol. The van der Waals surface area contributed by atoms with Crippen LogP contribution in [-0.2, 0) is 0 Å². The quantitative estimate of drug-likeness (QED) is 0.275. The standard InChI is InChI=1S/C28H17BN2/c1-2-9-19-17-24-23(16-18(19)8-1)21-11-4-5-13-25(21)30-27-15-7-12-22-20-10-3-6-14-26(20)31(28(22)27)29(24)30/h1-17H. The molecule has 0 amide bonds. The zero-order valence-electron chi connectivity index (χ0n) is 16.8. The van der Waals surface area contributed by atoms with Crippen LogP contribution in [0.25, 0.3) is 43.7 Å². The largest absolute Gasteiger partial charge is 0.421 e. The van der Waals surface area contributed by atoms with Gasteiger partial charge in [0, 0.05) is 27.5 Å². The summed E-state index contributed by atoms with van der Waals surface area (Å²) < 4.78 is 2.56. The van der Waals surface area contributed by atoms with Crippen LogP contribution in [0.3, 0.4) is 0 Å². The summed E-state index contributed by atoms with van der Waals surface area (Å²) >= 11 is 0. The number of benzene rings is 5. The molecule has 0 atom stereocenters. The van der Waals surface area contributed by atoms with Gasteiger partial charge in [-0.05, 0) is 46.1 Å². The number of hydrogen-bond acceptors (Lipinski definition) is 1. The van der Waals surface area contributed by atoms with Gasteiger partial charge in [-0.25, -0.2) is 0 Å². The zero-order chi connectivity index (χ0) is 20.1. The first-order chi connectivity index (χ1) is 15.4. The van der Waals surface area contributed by atoms with Crippen LogP contribution in [0.1, 0.15) is 0 Å². The number of rotatable bonds is 0. The maximum Gasteiger partial charge on any atom is 0.421 e. The summed E-state index contributed by atoms with van der Waals surface area (Å²) in [7, 11) is 0. The van der Waals surface area contributed by atoms with Crippen molar-refractivity contribution >= 4 is 56.4 Å². The maximum absolute atomic E-state index is 2.56. The predicted molar refractivity (Wildman–Crippen MR) is 132 cm³/mol. The zero-order valence-corrected chi connectivity index (χ0v) is 16.8. The van der Waals surface area contributed by atoms with Crippen molar-refractivity contribution in [1.82, 2.24) is 4.48 Å². The second-order valence-electron chi connectivity index (χ2n) is 8.61. The van der Waals surface area contributed by atoms with E-state index in [4.69, 9.17) is 0 Å². The van der Waals surface area contributed by atoms with Crippen molar-refractivity contribution in [2.75, 3.05) is 4.81 Å². The first kappa shape index (κ1) is 15.8. The molecule has 3 heterocycles. The van der Waals surface area contributed by atoms with E-state index in [2.05, 4.69) is 112 Å². The third-order valence-corrected chi connectivity index (χ3v) is 7.11. The fourth-order valence-corrected chi connectivity index (χ4v) is 5.89. The van der Waals surface area contributed by atoms with Gasteiger partial charge in [0.05, 0.1) is 11.2 Å². The van der Waals surface area contributed by atoms with Crippen molar-refractivity contribution in [2.45, 2.75) is 0 Å². The summed E-state index contributed by atoms with van der Waals surface area (Å²) in [6, 6.07) is 37.9. The molecule has 31 heavy (non-hydrogen) atoms. The third-order valence-electron chi connectivity index (χ3n) is 7.11. The molecule has 0 unspecified atom stereocenters. The van der Waals surface area contributed by atoms with Crippen LogP contribution < -0.4 is 10.3 Å². The molecule has 0 radical (unpaired) electrons. The lowest BCUT2D eigenvalue weighted by Gasteiger charge is -2.34. The molecule has 5 aromatic carbocycles. The van der Waals surface area contributed by atoms with Gasteiger partial charge < -0.3 is 9.29 Å². The van der Waals surface area contributed by atoms with Crippen molar-refractivity contribution in [3.8, 4) is 11.1 Å². The Kier molecular flexibility index (Phi) is 2.75. The molecule has 2 aliphatic rings. The van der Waals surface area contributed by atoms with E-state index in [0.29, 0.717) is 0 Å². The van der Waals surface area contributed by atoms with Crippen LogP contribution in [0.15, 0.2) is 103 Å². The second kappa shape index (κ2) is 5.38. The van der Waals surface area contributed by atoms with Crippen LogP contribution in [0.4, 0.5) is 11.4 Å². The molecule has 8 rings (SSSR count). The van der Waals surface area contributed by atoms with Crippen molar-refractivity contribution < 1.29 is 0 Å². The van der Waals surface area contributed by atoms with Crippen LogP contribution in [0, 0.1) is 0 Å².